The average Bonchev–Trinajstić information content (AvgIpc) is 3.27. The lowest BCUT2D eigenvalue weighted by Gasteiger charge is -2.35. The van der Waals surface area contributed by atoms with E-state index in [1.54, 1.807) is 18.2 Å². The zero-order valence-corrected chi connectivity index (χ0v) is 20.4. The largest absolute Gasteiger partial charge is 0.507 e. The maximum atomic E-state index is 13.1. The smallest absolute Gasteiger partial charge is 0.231 e. The van der Waals surface area contributed by atoms with Gasteiger partial charge in [0.25, 0.3) is 0 Å². The summed E-state index contributed by atoms with van der Waals surface area (Å²) >= 11 is 0. The molecule has 0 unspecified atom stereocenters. The van der Waals surface area contributed by atoms with Crippen LogP contribution in [0.2, 0.25) is 0 Å². The van der Waals surface area contributed by atoms with Crippen molar-refractivity contribution in [2.45, 2.75) is 6.54 Å². The Morgan fingerprint density at radius 2 is 1.57 bits per heavy atom. The molecule has 1 fully saturated rings. The first-order valence-electron chi connectivity index (χ1n) is 12.5. The highest BCUT2D eigenvalue weighted by atomic mass is 16.5. The number of carbonyl (C=O) groups excluding carboxylic acids is 1. The number of piperazine rings is 1. The van der Waals surface area contributed by atoms with Crippen LogP contribution < -0.4 is 9.64 Å². The summed E-state index contributed by atoms with van der Waals surface area (Å²) in [5.74, 6) is 1.69. The number of ether oxygens (including phenoxy) is 1. The van der Waals surface area contributed by atoms with Crippen molar-refractivity contribution in [3.8, 4) is 22.6 Å². The molecule has 6 rings (SSSR count). The van der Waals surface area contributed by atoms with Crippen molar-refractivity contribution in [1.29, 1.82) is 0 Å². The third kappa shape index (κ3) is 4.71. The van der Waals surface area contributed by atoms with E-state index in [1.165, 1.54) is 0 Å². The minimum Gasteiger partial charge on any atom is -0.507 e. The molecule has 1 aromatic heterocycles. The number of pyridine rings is 1. The SMILES string of the molecule is O=C1/C(=C/c2ccc(-c3ccccc3)cc2)Oc2c1ccc(O)c2CN1CCN(c2ccccn2)CC1. The van der Waals surface area contributed by atoms with Gasteiger partial charge in [0.15, 0.2) is 5.76 Å². The van der Waals surface area contributed by atoms with Gasteiger partial charge in [0.2, 0.25) is 5.78 Å². The summed E-state index contributed by atoms with van der Waals surface area (Å²) < 4.78 is 6.09. The maximum absolute atomic E-state index is 13.1. The molecule has 1 saturated heterocycles. The Bertz CT molecular complexity index is 1440. The van der Waals surface area contributed by atoms with E-state index in [4.69, 9.17) is 4.74 Å². The van der Waals surface area contributed by atoms with E-state index < -0.39 is 0 Å². The predicted octanol–water partition coefficient (Wildman–Crippen LogP) is 5.39. The van der Waals surface area contributed by atoms with Crippen LogP contribution in [0.25, 0.3) is 17.2 Å². The molecule has 1 N–H and O–H groups in total. The highest BCUT2D eigenvalue weighted by Gasteiger charge is 2.32. The van der Waals surface area contributed by atoms with Gasteiger partial charge in [0.05, 0.1) is 11.1 Å². The maximum Gasteiger partial charge on any atom is 0.231 e. The monoisotopic (exact) mass is 489 g/mol. The van der Waals surface area contributed by atoms with Crippen molar-refractivity contribution >= 4 is 17.7 Å². The molecule has 6 heteroatoms. The summed E-state index contributed by atoms with van der Waals surface area (Å²) in [6.45, 7) is 3.85. The van der Waals surface area contributed by atoms with Crippen molar-refractivity contribution in [1.82, 2.24) is 9.88 Å². The molecule has 0 aliphatic carbocycles. The molecular weight excluding hydrogens is 462 g/mol. The Hall–Kier alpha value is -4.42. The van der Waals surface area contributed by atoms with Crippen LogP contribution >= 0.6 is 0 Å². The van der Waals surface area contributed by atoms with Crippen molar-refractivity contribution in [2.75, 3.05) is 31.1 Å². The number of allylic oxidation sites excluding steroid dienone is 1. The highest BCUT2D eigenvalue weighted by Crippen LogP contribution is 2.40. The van der Waals surface area contributed by atoms with Crippen LogP contribution in [0.4, 0.5) is 5.82 Å². The van der Waals surface area contributed by atoms with Gasteiger partial charge in [-0.05, 0) is 47.0 Å². The third-order valence-electron chi connectivity index (χ3n) is 6.96. The van der Waals surface area contributed by atoms with Gasteiger partial charge in [-0.1, -0.05) is 60.7 Å². The summed E-state index contributed by atoms with van der Waals surface area (Å²) in [4.78, 5) is 22.1. The van der Waals surface area contributed by atoms with Crippen LogP contribution in [0.15, 0.2) is 96.9 Å². The summed E-state index contributed by atoms with van der Waals surface area (Å²) in [6, 6.07) is 27.4. The second-order valence-electron chi connectivity index (χ2n) is 9.32. The molecule has 3 heterocycles. The first-order chi connectivity index (χ1) is 18.2. The van der Waals surface area contributed by atoms with Gasteiger partial charge in [-0.25, -0.2) is 4.98 Å². The van der Waals surface area contributed by atoms with Crippen LogP contribution in [-0.4, -0.2) is 47.0 Å². The lowest BCUT2D eigenvalue weighted by Crippen LogP contribution is -2.46. The number of hydrogen-bond acceptors (Lipinski definition) is 6. The quantitative estimate of drug-likeness (QED) is 0.379. The van der Waals surface area contributed by atoms with Crippen LogP contribution in [-0.2, 0) is 6.54 Å². The third-order valence-corrected chi connectivity index (χ3v) is 6.96. The molecule has 3 aromatic carbocycles. The van der Waals surface area contributed by atoms with Crippen LogP contribution in [0.1, 0.15) is 21.5 Å². The lowest BCUT2D eigenvalue weighted by molar-refractivity contribution is 0.101. The molecule has 0 atom stereocenters. The van der Waals surface area contributed by atoms with Gasteiger partial charge in [-0.3, -0.25) is 9.69 Å². The standard InChI is InChI=1S/C31H27N3O3/c35-27-14-13-25-30(36)28(20-22-9-11-24(12-10-22)23-6-2-1-3-7-23)37-31(25)26(27)21-33-16-18-34(19-17-33)29-8-4-5-15-32-29/h1-15,20,35H,16-19,21H2/b28-20-. The second-order valence-corrected chi connectivity index (χ2v) is 9.32. The Morgan fingerprint density at radius 3 is 2.30 bits per heavy atom. The number of phenols is 1. The summed E-state index contributed by atoms with van der Waals surface area (Å²) in [7, 11) is 0. The van der Waals surface area contributed by atoms with Gasteiger partial charge in [-0.15, -0.1) is 0 Å². The zero-order valence-electron chi connectivity index (χ0n) is 20.4. The Morgan fingerprint density at radius 1 is 0.838 bits per heavy atom. The Balaban J connectivity index is 1.18. The van der Waals surface area contributed by atoms with E-state index in [1.807, 2.05) is 66.9 Å². The Labute approximate surface area is 216 Å². The minimum absolute atomic E-state index is 0.146. The molecular formula is C31H27N3O3. The number of anilines is 1. The zero-order chi connectivity index (χ0) is 25.2. The molecule has 6 nitrogen and oxygen atoms in total. The molecule has 2 aliphatic heterocycles. The van der Waals surface area contributed by atoms with Gasteiger partial charge in [0.1, 0.15) is 17.3 Å². The fraction of sp³-hybridized carbons (Fsp3) is 0.161. The molecule has 0 radical (unpaired) electrons. The number of fused-ring (bicyclic) bond motifs is 1. The second kappa shape index (κ2) is 9.91. The van der Waals surface area contributed by atoms with E-state index in [0.717, 1.165) is 48.7 Å². The number of benzene rings is 3. The molecule has 0 amide bonds. The number of phenolic OH excluding ortho intramolecular Hbond substituents is 1. The lowest BCUT2D eigenvalue weighted by atomic mass is 10.0. The first kappa shape index (κ1) is 23.0. The number of rotatable bonds is 5. The fourth-order valence-corrected chi connectivity index (χ4v) is 4.90. The molecule has 184 valence electrons. The van der Waals surface area contributed by atoms with Gasteiger partial charge >= 0.3 is 0 Å². The number of aromatic nitrogens is 1. The first-order valence-corrected chi connectivity index (χ1v) is 12.5. The number of aromatic hydroxyl groups is 1. The van der Waals surface area contributed by atoms with E-state index in [2.05, 4.69) is 26.9 Å². The number of nitrogens with zero attached hydrogens (tertiary/aromatic N) is 3. The van der Waals surface area contributed by atoms with Crippen LogP contribution in [0, 0.1) is 0 Å². The van der Waals surface area contributed by atoms with Gasteiger partial charge < -0.3 is 14.7 Å². The van der Waals surface area contributed by atoms with Gasteiger partial charge in [-0.2, -0.15) is 0 Å². The average molecular weight is 490 g/mol. The van der Waals surface area contributed by atoms with E-state index in [0.29, 0.717) is 23.4 Å². The summed E-state index contributed by atoms with van der Waals surface area (Å²) in [6.07, 6.45) is 3.58. The minimum atomic E-state index is -0.164. The van der Waals surface area contributed by atoms with Crippen molar-refractivity contribution in [3.63, 3.8) is 0 Å². The van der Waals surface area contributed by atoms with E-state index >= 15 is 0 Å². The number of Topliss-reactive ketones (excluding diaryl/α,β-unsaturated/α-hetero) is 1. The summed E-state index contributed by atoms with van der Waals surface area (Å²) in [5, 5.41) is 10.7. The predicted molar refractivity (Wildman–Crippen MR) is 145 cm³/mol. The number of ketones is 1. The van der Waals surface area contributed by atoms with Gasteiger partial charge in [0, 0.05) is 38.9 Å². The molecule has 2 aliphatic rings. The van der Waals surface area contributed by atoms with E-state index in [-0.39, 0.29) is 17.3 Å². The molecule has 37 heavy (non-hydrogen) atoms. The summed E-state index contributed by atoms with van der Waals surface area (Å²) in [5.41, 5.74) is 4.28. The fourth-order valence-electron chi connectivity index (χ4n) is 4.90. The molecule has 0 saturated carbocycles. The van der Waals surface area contributed by atoms with Crippen molar-refractivity contribution in [2.24, 2.45) is 0 Å². The molecule has 0 spiro atoms. The van der Waals surface area contributed by atoms with Crippen molar-refractivity contribution < 1.29 is 14.6 Å². The molecule has 0 bridgehead atoms. The Kier molecular flexibility index (Phi) is 6.16. The van der Waals surface area contributed by atoms with E-state index in [9.17, 15) is 9.90 Å². The number of carbonyl (C=O) groups is 1. The normalized spacial score (nSPS) is 16.6. The van der Waals surface area contributed by atoms with Crippen molar-refractivity contribution in [3.05, 3.63) is 114 Å². The van der Waals surface area contributed by atoms with Crippen LogP contribution in [0.3, 0.4) is 0 Å². The number of hydrogen-bond donors (Lipinski definition) is 1. The topological polar surface area (TPSA) is 65.9 Å². The molecule has 4 aromatic rings. The highest BCUT2D eigenvalue weighted by molar-refractivity contribution is 6.15. The van der Waals surface area contributed by atoms with Crippen LogP contribution in [0.5, 0.6) is 11.5 Å².